The second-order valence-electron chi connectivity index (χ2n) is 4.78. The molecular formula is C13H14BrN5OS. The van der Waals surface area contributed by atoms with Crippen molar-refractivity contribution < 1.29 is 4.21 Å². The van der Waals surface area contributed by atoms with E-state index >= 15 is 0 Å². The van der Waals surface area contributed by atoms with Crippen LogP contribution in [0.25, 0.3) is 11.0 Å². The molecule has 0 saturated carbocycles. The van der Waals surface area contributed by atoms with Crippen molar-refractivity contribution in [1.29, 1.82) is 0 Å². The molecule has 3 aromatic rings. The van der Waals surface area contributed by atoms with Crippen LogP contribution in [0.4, 0.5) is 5.69 Å². The first-order valence-electron chi connectivity index (χ1n) is 6.27. The molecule has 8 heteroatoms. The Morgan fingerprint density at radius 3 is 2.90 bits per heavy atom. The number of nitrogens with zero attached hydrogens (tertiary/aromatic N) is 3. The molecule has 110 valence electrons. The Morgan fingerprint density at radius 1 is 1.48 bits per heavy atom. The zero-order valence-corrected chi connectivity index (χ0v) is 14.0. The normalized spacial score (nSPS) is 12.9. The number of aromatic nitrogens is 4. The van der Waals surface area contributed by atoms with E-state index in [2.05, 4.69) is 31.0 Å². The summed E-state index contributed by atoms with van der Waals surface area (Å²) >= 11 is 3.48. The van der Waals surface area contributed by atoms with Gasteiger partial charge >= 0.3 is 0 Å². The standard InChI is InChI=1S/C13H14BrN5OS/c1-7-12(14)11(19(2)18-7)6-21(20)13-16-9-4-3-8(15)5-10(9)17-13/h3-5H,6,15H2,1-2H3,(H,16,17). The molecule has 0 aliphatic carbocycles. The zero-order chi connectivity index (χ0) is 15.1. The van der Waals surface area contributed by atoms with E-state index in [-0.39, 0.29) is 0 Å². The third-order valence-electron chi connectivity index (χ3n) is 3.23. The highest BCUT2D eigenvalue weighted by molar-refractivity contribution is 9.10. The topological polar surface area (TPSA) is 89.6 Å². The van der Waals surface area contributed by atoms with E-state index in [1.54, 1.807) is 16.8 Å². The highest BCUT2D eigenvalue weighted by atomic mass is 79.9. The molecule has 0 saturated heterocycles. The van der Waals surface area contributed by atoms with Crippen molar-refractivity contribution in [2.45, 2.75) is 17.8 Å². The van der Waals surface area contributed by atoms with Crippen LogP contribution >= 0.6 is 15.9 Å². The lowest BCUT2D eigenvalue weighted by Crippen LogP contribution is -2.04. The van der Waals surface area contributed by atoms with E-state index in [1.165, 1.54) is 0 Å². The molecule has 2 aromatic heterocycles. The van der Waals surface area contributed by atoms with Crippen LogP contribution < -0.4 is 5.73 Å². The summed E-state index contributed by atoms with van der Waals surface area (Å²) in [6, 6.07) is 5.37. The van der Waals surface area contributed by atoms with Crippen molar-refractivity contribution in [3.8, 4) is 0 Å². The summed E-state index contributed by atoms with van der Waals surface area (Å²) in [6.45, 7) is 1.90. The molecule has 1 aromatic carbocycles. The summed E-state index contributed by atoms with van der Waals surface area (Å²) in [5.74, 6) is 0.341. The number of hydrogen-bond acceptors (Lipinski definition) is 4. The highest BCUT2D eigenvalue weighted by Gasteiger charge is 2.17. The Morgan fingerprint density at radius 2 is 2.24 bits per heavy atom. The smallest absolute Gasteiger partial charge is 0.197 e. The number of anilines is 1. The largest absolute Gasteiger partial charge is 0.399 e. The van der Waals surface area contributed by atoms with E-state index in [1.807, 2.05) is 20.0 Å². The molecule has 3 N–H and O–H groups in total. The first-order chi connectivity index (χ1) is 9.95. The molecule has 1 atom stereocenters. The zero-order valence-electron chi connectivity index (χ0n) is 11.6. The summed E-state index contributed by atoms with van der Waals surface area (Å²) in [4.78, 5) is 7.43. The van der Waals surface area contributed by atoms with Crippen LogP contribution in [0.1, 0.15) is 11.4 Å². The van der Waals surface area contributed by atoms with E-state index in [9.17, 15) is 4.21 Å². The van der Waals surface area contributed by atoms with Crippen molar-refractivity contribution in [2.75, 3.05) is 5.73 Å². The summed E-state index contributed by atoms with van der Waals surface area (Å²) < 4.78 is 15.1. The summed E-state index contributed by atoms with van der Waals surface area (Å²) in [5, 5.41) is 4.75. The van der Waals surface area contributed by atoms with Crippen LogP contribution in [0.5, 0.6) is 0 Å². The van der Waals surface area contributed by atoms with Gasteiger partial charge in [-0.1, -0.05) is 0 Å². The van der Waals surface area contributed by atoms with Crippen molar-refractivity contribution in [3.05, 3.63) is 34.1 Å². The number of aromatic amines is 1. The Labute approximate surface area is 132 Å². The molecule has 1 unspecified atom stereocenters. The third kappa shape index (κ3) is 2.60. The van der Waals surface area contributed by atoms with E-state index in [0.717, 1.165) is 26.9 Å². The second kappa shape index (κ2) is 5.27. The summed E-state index contributed by atoms with van der Waals surface area (Å²) in [6.07, 6.45) is 0. The molecule has 0 aliphatic rings. The Hall–Kier alpha value is -1.67. The van der Waals surface area contributed by atoms with Gasteiger partial charge in [-0.2, -0.15) is 5.10 Å². The number of hydrogen-bond donors (Lipinski definition) is 2. The average molecular weight is 368 g/mol. The van der Waals surface area contributed by atoms with Crippen LogP contribution in [-0.2, 0) is 23.6 Å². The molecule has 0 aliphatic heterocycles. The molecule has 0 spiro atoms. The van der Waals surface area contributed by atoms with Gasteiger partial charge < -0.3 is 10.7 Å². The third-order valence-corrected chi connectivity index (χ3v) is 5.42. The summed E-state index contributed by atoms with van der Waals surface area (Å²) in [5.41, 5.74) is 9.69. The SMILES string of the molecule is Cc1nn(C)c(CS(=O)c2nc3ccc(N)cc3[nH]2)c1Br. The van der Waals surface area contributed by atoms with Gasteiger partial charge in [0.1, 0.15) is 0 Å². The van der Waals surface area contributed by atoms with Gasteiger partial charge in [-0.3, -0.25) is 8.89 Å². The van der Waals surface area contributed by atoms with Gasteiger partial charge in [0.25, 0.3) is 0 Å². The molecule has 3 rings (SSSR count). The molecule has 6 nitrogen and oxygen atoms in total. The number of fused-ring (bicyclic) bond motifs is 1. The molecule has 0 radical (unpaired) electrons. The fourth-order valence-corrected chi connectivity index (χ4v) is 3.94. The van der Waals surface area contributed by atoms with Crippen LogP contribution in [0, 0.1) is 6.92 Å². The Bertz CT molecular complexity index is 854. The van der Waals surface area contributed by atoms with Gasteiger partial charge in [-0.15, -0.1) is 0 Å². The number of nitrogens with one attached hydrogen (secondary N) is 1. The lowest BCUT2D eigenvalue weighted by Gasteiger charge is -2.01. The molecular weight excluding hydrogens is 354 g/mol. The molecule has 0 bridgehead atoms. The summed E-state index contributed by atoms with van der Waals surface area (Å²) in [7, 11) is 0.558. The molecule has 0 amide bonds. The predicted molar refractivity (Wildman–Crippen MR) is 86.3 cm³/mol. The van der Waals surface area contributed by atoms with Crippen molar-refractivity contribution in [1.82, 2.24) is 19.7 Å². The number of nitrogen functional groups attached to an aromatic ring is 1. The van der Waals surface area contributed by atoms with Crippen molar-refractivity contribution in [3.63, 3.8) is 0 Å². The molecule has 0 fully saturated rings. The number of H-pyrrole nitrogens is 1. The fraction of sp³-hybridized carbons (Fsp3) is 0.231. The lowest BCUT2D eigenvalue weighted by molar-refractivity contribution is 0.671. The van der Waals surface area contributed by atoms with Gasteiger partial charge in [0.15, 0.2) is 5.16 Å². The van der Waals surface area contributed by atoms with Crippen molar-refractivity contribution in [2.24, 2.45) is 7.05 Å². The number of benzene rings is 1. The minimum Gasteiger partial charge on any atom is -0.399 e. The highest BCUT2D eigenvalue weighted by Crippen LogP contribution is 2.23. The van der Waals surface area contributed by atoms with E-state index in [0.29, 0.717) is 16.6 Å². The number of imidazole rings is 1. The van der Waals surface area contributed by atoms with E-state index in [4.69, 9.17) is 5.73 Å². The van der Waals surface area contributed by atoms with Crippen LogP contribution in [0.15, 0.2) is 27.8 Å². The quantitative estimate of drug-likeness (QED) is 0.694. The minimum atomic E-state index is -1.28. The van der Waals surface area contributed by atoms with Crippen LogP contribution in [0.3, 0.4) is 0 Å². The van der Waals surface area contributed by atoms with Crippen LogP contribution in [0.2, 0.25) is 0 Å². The molecule has 21 heavy (non-hydrogen) atoms. The molecule has 2 heterocycles. The Kier molecular flexibility index (Phi) is 3.58. The maximum atomic E-state index is 12.5. The van der Waals surface area contributed by atoms with E-state index < -0.39 is 10.8 Å². The van der Waals surface area contributed by atoms with Gasteiger partial charge in [0.05, 0.1) is 43.4 Å². The minimum absolute atomic E-state index is 0.341. The van der Waals surface area contributed by atoms with Crippen molar-refractivity contribution >= 4 is 43.5 Å². The number of nitrogens with two attached hydrogens (primary N) is 1. The van der Waals surface area contributed by atoms with Crippen LogP contribution in [-0.4, -0.2) is 24.0 Å². The lowest BCUT2D eigenvalue weighted by atomic mass is 10.3. The first-order valence-corrected chi connectivity index (χ1v) is 8.38. The fourth-order valence-electron chi connectivity index (χ4n) is 2.14. The predicted octanol–water partition coefficient (Wildman–Crippen LogP) is 2.26. The van der Waals surface area contributed by atoms with Gasteiger partial charge in [0, 0.05) is 12.7 Å². The van der Waals surface area contributed by atoms with Gasteiger partial charge in [-0.05, 0) is 41.1 Å². The number of aryl methyl sites for hydroxylation is 2. The monoisotopic (exact) mass is 367 g/mol. The average Bonchev–Trinajstić information content (AvgIpc) is 2.95. The number of halogens is 1. The maximum Gasteiger partial charge on any atom is 0.197 e. The Balaban J connectivity index is 1.93. The second-order valence-corrected chi connectivity index (χ2v) is 6.94. The maximum absolute atomic E-state index is 12.5. The first kappa shape index (κ1) is 14.3. The number of rotatable bonds is 3. The van der Waals surface area contributed by atoms with Gasteiger partial charge in [-0.25, -0.2) is 4.98 Å². The van der Waals surface area contributed by atoms with Gasteiger partial charge in [0.2, 0.25) is 0 Å².